The molecule has 0 heterocycles. The zero-order valence-corrected chi connectivity index (χ0v) is 8.32. The van der Waals surface area contributed by atoms with Crippen molar-refractivity contribution >= 4 is 17.5 Å². The topological polar surface area (TPSA) is 49.3 Å². The molecule has 1 amide bonds. The molecular formula is C8H16ClNO2. The lowest BCUT2D eigenvalue weighted by atomic mass is 9.90. The first-order chi connectivity index (χ1) is 5.52. The van der Waals surface area contributed by atoms with Gasteiger partial charge in [-0.2, -0.15) is 0 Å². The van der Waals surface area contributed by atoms with E-state index in [-0.39, 0.29) is 23.8 Å². The van der Waals surface area contributed by atoms with E-state index in [1.807, 2.05) is 13.8 Å². The van der Waals surface area contributed by atoms with Crippen LogP contribution in [-0.2, 0) is 4.79 Å². The number of halogens is 1. The fraction of sp³-hybridized carbons (Fsp3) is 0.875. The zero-order valence-electron chi connectivity index (χ0n) is 7.56. The van der Waals surface area contributed by atoms with Gasteiger partial charge in [0, 0.05) is 13.2 Å². The molecule has 0 fully saturated rings. The second-order valence-corrected chi connectivity index (χ2v) is 3.82. The standard InChI is InChI=1S/C8H16ClNO2/c1-8(2,3-4-11)6-10-7(12)5-9/h11H,3-6H2,1-2H3,(H,10,12). The Labute approximate surface area is 78.1 Å². The summed E-state index contributed by atoms with van der Waals surface area (Å²) in [5.41, 5.74) is -0.0591. The highest BCUT2D eigenvalue weighted by atomic mass is 35.5. The molecule has 0 aromatic rings. The average Bonchev–Trinajstić information content (AvgIpc) is 2.00. The van der Waals surface area contributed by atoms with Gasteiger partial charge >= 0.3 is 0 Å². The van der Waals surface area contributed by atoms with Crippen molar-refractivity contribution in [3.8, 4) is 0 Å². The average molecular weight is 194 g/mol. The summed E-state index contributed by atoms with van der Waals surface area (Å²) in [5, 5.41) is 11.4. The van der Waals surface area contributed by atoms with Gasteiger partial charge in [0.2, 0.25) is 5.91 Å². The molecule has 0 aliphatic rings. The minimum atomic E-state index is -0.164. The van der Waals surface area contributed by atoms with Crippen molar-refractivity contribution in [3.63, 3.8) is 0 Å². The predicted molar refractivity (Wildman–Crippen MR) is 49.2 cm³/mol. The van der Waals surface area contributed by atoms with E-state index in [4.69, 9.17) is 16.7 Å². The third-order valence-corrected chi connectivity index (χ3v) is 1.92. The van der Waals surface area contributed by atoms with Crippen LogP contribution in [0.4, 0.5) is 0 Å². The van der Waals surface area contributed by atoms with E-state index in [2.05, 4.69) is 5.32 Å². The first kappa shape index (κ1) is 11.7. The Kier molecular flexibility index (Phi) is 5.25. The van der Waals surface area contributed by atoms with Crippen LogP contribution in [0.1, 0.15) is 20.3 Å². The summed E-state index contributed by atoms with van der Waals surface area (Å²) in [6, 6.07) is 0. The fourth-order valence-electron chi connectivity index (χ4n) is 0.776. The van der Waals surface area contributed by atoms with Gasteiger partial charge < -0.3 is 10.4 Å². The third-order valence-electron chi connectivity index (χ3n) is 1.67. The molecule has 0 radical (unpaired) electrons. The van der Waals surface area contributed by atoms with Crippen LogP contribution in [0.15, 0.2) is 0 Å². The van der Waals surface area contributed by atoms with Gasteiger partial charge in [-0.15, -0.1) is 11.6 Å². The lowest BCUT2D eigenvalue weighted by Crippen LogP contribution is -2.35. The zero-order chi connectivity index (χ0) is 9.61. The molecule has 4 heteroatoms. The monoisotopic (exact) mass is 193 g/mol. The van der Waals surface area contributed by atoms with Gasteiger partial charge in [0.1, 0.15) is 5.88 Å². The van der Waals surface area contributed by atoms with Gasteiger partial charge in [-0.3, -0.25) is 4.79 Å². The van der Waals surface area contributed by atoms with Gasteiger partial charge in [-0.05, 0) is 11.8 Å². The summed E-state index contributed by atoms with van der Waals surface area (Å²) in [6.07, 6.45) is 0.676. The largest absolute Gasteiger partial charge is 0.396 e. The van der Waals surface area contributed by atoms with Crippen LogP contribution in [-0.4, -0.2) is 30.0 Å². The van der Waals surface area contributed by atoms with Gasteiger partial charge in [0.25, 0.3) is 0 Å². The highest BCUT2D eigenvalue weighted by Gasteiger charge is 2.17. The Hall–Kier alpha value is -0.280. The number of amides is 1. The Morgan fingerprint density at radius 3 is 2.58 bits per heavy atom. The van der Waals surface area contributed by atoms with Crippen LogP contribution in [0.5, 0.6) is 0 Å². The van der Waals surface area contributed by atoms with Crippen LogP contribution < -0.4 is 5.32 Å². The van der Waals surface area contributed by atoms with Gasteiger partial charge in [-0.1, -0.05) is 13.8 Å². The summed E-state index contributed by atoms with van der Waals surface area (Å²) in [7, 11) is 0. The van der Waals surface area contributed by atoms with Crippen molar-refractivity contribution in [2.24, 2.45) is 5.41 Å². The number of carbonyl (C=O) groups is 1. The van der Waals surface area contributed by atoms with Crippen molar-refractivity contribution in [3.05, 3.63) is 0 Å². The van der Waals surface area contributed by atoms with Crippen molar-refractivity contribution in [1.82, 2.24) is 5.32 Å². The first-order valence-corrected chi connectivity index (χ1v) is 4.49. The number of rotatable bonds is 5. The third kappa shape index (κ3) is 5.38. The molecule has 3 nitrogen and oxygen atoms in total. The fourth-order valence-corrected chi connectivity index (χ4v) is 0.871. The molecule has 12 heavy (non-hydrogen) atoms. The molecule has 0 aromatic carbocycles. The SMILES string of the molecule is CC(C)(CCO)CNC(=O)CCl. The second kappa shape index (κ2) is 5.38. The molecular weight excluding hydrogens is 178 g/mol. The van der Waals surface area contributed by atoms with Crippen LogP contribution in [0, 0.1) is 5.41 Å². The van der Waals surface area contributed by atoms with E-state index in [9.17, 15) is 4.79 Å². The summed E-state index contributed by atoms with van der Waals surface area (Å²) < 4.78 is 0. The van der Waals surface area contributed by atoms with Gasteiger partial charge in [-0.25, -0.2) is 0 Å². The summed E-state index contributed by atoms with van der Waals surface area (Å²) in [4.78, 5) is 10.8. The quantitative estimate of drug-likeness (QED) is 0.634. The molecule has 0 spiro atoms. The van der Waals surface area contributed by atoms with Crippen LogP contribution in [0.3, 0.4) is 0 Å². The van der Waals surface area contributed by atoms with Crippen LogP contribution >= 0.6 is 11.6 Å². The van der Waals surface area contributed by atoms with Gasteiger partial charge in [0.05, 0.1) is 0 Å². The van der Waals surface area contributed by atoms with E-state index < -0.39 is 0 Å². The molecule has 0 saturated heterocycles. The Morgan fingerprint density at radius 1 is 1.58 bits per heavy atom. The molecule has 0 aliphatic heterocycles. The molecule has 0 aromatic heterocycles. The minimum absolute atomic E-state index is 0.00476. The maximum atomic E-state index is 10.8. The number of aliphatic hydroxyl groups is 1. The molecule has 0 unspecified atom stereocenters. The highest BCUT2D eigenvalue weighted by Crippen LogP contribution is 2.17. The number of aliphatic hydroxyl groups excluding tert-OH is 1. The van der Waals surface area contributed by atoms with E-state index in [1.54, 1.807) is 0 Å². The molecule has 2 N–H and O–H groups in total. The Balaban J connectivity index is 3.67. The maximum Gasteiger partial charge on any atom is 0.234 e. The van der Waals surface area contributed by atoms with Crippen molar-refractivity contribution < 1.29 is 9.90 Å². The van der Waals surface area contributed by atoms with Crippen LogP contribution in [0.25, 0.3) is 0 Å². The summed E-state index contributed by atoms with van der Waals surface area (Å²) in [5.74, 6) is -0.169. The highest BCUT2D eigenvalue weighted by molar-refractivity contribution is 6.27. The van der Waals surface area contributed by atoms with E-state index >= 15 is 0 Å². The molecule has 0 saturated carbocycles. The van der Waals surface area contributed by atoms with Crippen molar-refractivity contribution in [1.29, 1.82) is 0 Å². The smallest absolute Gasteiger partial charge is 0.234 e. The van der Waals surface area contributed by atoms with E-state index in [0.29, 0.717) is 13.0 Å². The maximum absolute atomic E-state index is 10.8. The number of carbonyl (C=O) groups excluding carboxylic acids is 1. The molecule has 72 valence electrons. The first-order valence-electron chi connectivity index (χ1n) is 3.95. The number of hydrogen-bond acceptors (Lipinski definition) is 2. The number of nitrogens with one attached hydrogen (secondary N) is 1. The molecule has 0 atom stereocenters. The van der Waals surface area contributed by atoms with E-state index in [1.165, 1.54) is 0 Å². The van der Waals surface area contributed by atoms with Crippen LogP contribution in [0.2, 0.25) is 0 Å². The summed E-state index contributed by atoms with van der Waals surface area (Å²) in [6.45, 7) is 4.67. The second-order valence-electron chi connectivity index (χ2n) is 3.55. The Morgan fingerprint density at radius 2 is 2.17 bits per heavy atom. The summed E-state index contributed by atoms with van der Waals surface area (Å²) >= 11 is 5.30. The van der Waals surface area contributed by atoms with Crippen molar-refractivity contribution in [2.75, 3.05) is 19.0 Å². The normalized spacial score (nSPS) is 11.3. The lowest BCUT2D eigenvalue weighted by Gasteiger charge is -2.23. The Bertz CT molecular complexity index is 148. The molecule has 0 bridgehead atoms. The number of hydrogen-bond donors (Lipinski definition) is 2. The molecule has 0 aliphatic carbocycles. The predicted octanol–water partition coefficient (Wildman–Crippen LogP) is 0.750. The lowest BCUT2D eigenvalue weighted by molar-refractivity contribution is -0.119. The van der Waals surface area contributed by atoms with Crippen molar-refractivity contribution in [2.45, 2.75) is 20.3 Å². The number of alkyl halides is 1. The minimum Gasteiger partial charge on any atom is -0.396 e. The van der Waals surface area contributed by atoms with E-state index in [0.717, 1.165) is 0 Å². The van der Waals surface area contributed by atoms with Gasteiger partial charge in [0.15, 0.2) is 0 Å². The molecule has 0 rings (SSSR count).